The van der Waals surface area contributed by atoms with E-state index in [1.54, 1.807) is 43.3 Å². The lowest BCUT2D eigenvalue weighted by Gasteiger charge is -2.33. The van der Waals surface area contributed by atoms with Gasteiger partial charge in [0.2, 0.25) is 21.8 Å². The molecule has 0 aliphatic carbocycles. The van der Waals surface area contributed by atoms with Crippen molar-refractivity contribution in [3.05, 3.63) is 62.6 Å². The first kappa shape index (κ1) is 32.2. The van der Waals surface area contributed by atoms with Crippen LogP contribution in [0.5, 0.6) is 0 Å². The summed E-state index contributed by atoms with van der Waals surface area (Å²) < 4.78 is 26.5. The third kappa shape index (κ3) is 9.04. The number of aryl methyl sites for hydroxylation is 1. The number of hydrogen-bond donors (Lipinski definition) is 1. The third-order valence-corrected chi connectivity index (χ3v) is 7.99. The van der Waals surface area contributed by atoms with Crippen molar-refractivity contribution in [2.24, 2.45) is 0 Å². The van der Waals surface area contributed by atoms with E-state index in [2.05, 4.69) is 5.32 Å². The zero-order valence-electron chi connectivity index (χ0n) is 22.6. The van der Waals surface area contributed by atoms with Crippen molar-refractivity contribution in [3.8, 4) is 0 Å². The minimum absolute atomic E-state index is 0.00695. The van der Waals surface area contributed by atoms with Crippen LogP contribution in [0.15, 0.2) is 36.4 Å². The Labute approximate surface area is 241 Å². The van der Waals surface area contributed by atoms with Crippen LogP contribution in [0.4, 0.5) is 5.69 Å². The van der Waals surface area contributed by atoms with Gasteiger partial charge in [0.05, 0.1) is 11.9 Å². The fraction of sp³-hybridized carbons (Fsp3) is 0.481. The Kier molecular flexibility index (Phi) is 11.3. The van der Waals surface area contributed by atoms with Gasteiger partial charge in [-0.1, -0.05) is 53.9 Å². The predicted molar refractivity (Wildman–Crippen MR) is 157 cm³/mol. The highest BCUT2D eigenvalue weighted by molar-refractivity contribution is 7.92. The predicted octanol–water partition coefficient (Wildman–Crippen LogP) is 6.22. The van der Waals surface area contributed by atoms with Gasteiger partial charge in [0.25, 0.3) is 0 Å². The molecule has 0 spiro atoms. The molecule has 1 unspecified atom stereocenters. The first-order valence-corrected chi connectivity index (χ1v) is 15.3. The standard InChI is InChI=1S/C27H36Cl3N3O4S/c1-7-23(26(35)31-27(3,4)5)32(17-20-21(29)10-8-11-22(20)30)25(34)12-9-15-33(38(6,36)37)24-16-19(28)14-13-18(24)2/h8,10-11,13-14,16,23H,7,9,12,15,17H2,1-6H3,(H,31,35). The molecule has 0 saturated carbocycles. The maximum absolute atomic E-state index is 13.6. The molecule has 210 valence electrons. The van der Waals surface area contributed by atoms with Crippen LogP contribution in [0.25, 0.3) is 0 Å². The molecule has 1 atom stereocenters. The summed E-state index contributed by atoms with van der Waals surface area (Å²) in [6.45, 7) is 9.33. The molecular formula is C27H36Cl3N3O4S. The lowest BCUT2D eigenvalue weighted by atomic mass is 10.0. The van der Waals surface area contributed by atoms with Crippen LogP contribution >= 0.6 is 34.8 Å². The van der Waals surface area contributed by atoms with E-state index < -0.39 is 21.6 Å². The van der Waals surface area contributed by atoms with E-state index in [1.807, 2.05) is 27.7 Å². The monoisotopic (exact) mass is 603 g/mol. The third-order valence-electron chi connectivity index (χ3n) is 5.87. The largest absolute Gasteiger partial charge is 0.350 e. The quantitative estimate of drug-likeness (QED) is 0.330. The number of anilines is 1. The van der Waals surface area contributed by atoms with Crippen LogP contribution in [0.3, 0.4) is 0 Å². The molecule has 0 aliphatic rings. The van der Waals surface area contributed by atoms with Gasteiger partial charge in [-0.15, -0.1) is 0 Å². The molecule has 2 amide bonds. The molecule has 0 aliphatic heterocycles. The number of sulfonamides is 1. The molecule has 1 N–H and O–H groups in total. The summed E-state index contributed by atoms with van der Waals surface area (Å²) >= 11 is 18.9. The molecule has 0 saturated heterocycles. The molecule has 2 rings (SSSR count). The van der Waals surface area contributed by atoms with Gasteiger partial charge >= 0.3 is 0 Å². The van der Waals surface area contributed by atoms with E-state index in [4.69, 9.17) is 34.8 Å². The molecule has 2 aromatic rings. The number of nitrogens with zero attached hydrogens (tertiary/aromatic N) is 2. The van der Waals surface area contributed by atoms with Crippen molar-refractivity contribution in [3.63, 3.8) is 0 Å². The molecule has 0 heterocycles. The number of rotatable bonds is 11. The number of halogens is 3. The SMILES string of the molecule is CCC(C(=O)NC(C)(C)C)N(Cc1c(Cl)cccc1Cl)C(=O)CCCN(c1cc(Cl)ccc1C)S(C)(=O)=O. The lowest BCUT2D eigenvalue weighted by Crippen LogP contribution is -2.53. The Bertz CT molecular complexity index is 1240. The van der Waals surface area contributed by atoms with E-state index in [1.165, 1.54) is 9.21 Å². The Hall–Kier alpha value is -2.00. The van der Waals surface area contributed by atoms with Gasteiger partial charge in [-0.3, -0.25) is 13.9 Å². The summed E-state index contributed by atoms with van der Waals surface area (Å²) in [4.78, 5) is 28.3. The van der Waals surface area contributed by atoms with Crippen molar-refractivity contribution in [2.45, 2.75) is 72.0 Å². The highest BCUT2D eigenvalue weighted by atomic mass is 35.5. The Balaban J connectivity index is 2.33. The zero-order chi connectivity index (χ0) is 28.8. The lowest BCUT2D eigenvalue weighted by molar-refractivity contribution is -0.142. The number of amides is 2. The van der Waals surface area contributed by atoms with Crippen molar-refractivity contribution >= 4 is 62.3 Å². The van der Waals surface area contributed by atoms with Crippen LogP contribution in [0.2, 0.25) is 15.1 Å². The van der Waals surface area contributed by atoms with Crippen molar-refractivity contribution in [2.75, 3.05) is 17.1 Å². The van der Waals surface area contributed by atoms with Crippen LogP contribution in [0.1, 0.15) is 58.1 Å². The smallest absolute Gasteiger partial charge is 0.243 e. The summed E-state index contributed by atoms with van der Waals surface area (Å²) in [5, 5.41) is 4.14. The molecule has 7 nitrogen and oxygen atoms in total. The molecule has 2 aromatic carbocycles. The molecule has 0 fully saturated rings. The second-order valence-electron chi connectivity index (χ2n) is 10.3. The summed E-state index contributed by atoms with van der Waals surface area (Å²) in [5.74, 6) is -0.600. The van der Waals surface area contributed by atoms with Gasteiger partial charge in [-0.25, -0.2) is 8.42 Å². The van der Waals surface area contributed by atoms with Crippen LogP contribution < -0.4 is 9.62 Å². The molecule has 38 heavy (non-hydrogen) atoms. The normalized spacial score (nSPS) is 12.7. The summed E-state index contributed by atoms with van der Waals surface area (Å²) in [5.41, 5.74) is 1.25. The highest BCUT2D eigenvalue weighted by Gasteiger charge is 2.31. The second-order valence-corrected chi connectivity index (χ2v) is 13.4. The molecule has 0 radical (unpaired) electrons. The van der Waals surface area contributed by atoms with Gasteiger partial charge in [0.15, 0.2) is 0 Å². The molecule has 0 bridgehead atoms. The maximum Gasteiger partial charge on any atom is 0.243 e. The Morgan fingerprint density at radius 3 is 2.18 bits per heavy atom. The summed E-state index contributed by atoms with van der Waals surface area (Å²) in [6, 6.07) is 9.33. The average Bonchev–Trinajstić information content (AvgIpc) is 2.78. The Morgan fingerprint density at radius 2 is 1.66 bits per heavy atom. The topological polar surface area (TPSA) is 86.8 Å². The van der Waals surface area contributed by atoms with Crippen LogP contribution in [-0.2, 0) is 26.2 Å². The van der Waals surface area contributed by atoms with Crippen molar-refractivity contribution in [1.82, 2.24) is 10.2 Å². The van der Waals surface area contributed by atoms with Gasteiger partial charge in [-0.05, 0) is 70.4 Å². The first-order valence-electron chi connectivity index (χ1n) is 12.3. The van der Waals surface area contributed by atoms with Gasteiger partial charge < -0.3 is 10.2 Å². The minimum Gasteiger partial charge on any atom is -0.350 e. The van der Waals surface area contributed by atoms with Gasteiger partial charge in [0.1, 0.15) is 6.04 Å². The van der Waals surface area contributed by atoms with Crippen LogP contribution in [0, 0.1) is 6.92 Å². The van der Waals surface area contributed by atoms with E-state index in [0.29, 0.717) is 32.7 Å². The zero-order valence-corrected chi connectivity index (χ0v) is 25.7. The number of hydrogen-bond acceptors (Lipinski definition) is 4. The molecular weight excluding hydrogens is 569 g/mol. The van der Waals surface area contributed by atoms with Crippen molar-refractivity contribution < 1.29 is 18.0 Å². The van der Waals surface area contributed by atoms with Crippen LogP contribution in [-0.4, -0.2) is 49.5 Å². The fourth-order valence-electron chi connectivity index (χ4n) is 4.06. The van der Waals surface area contributed by atoms with E-state index >= 15 is 0 Å². The van der Waals surface area contributed by atoms with Crippen molar-refractivity contribution in [1.29, 1.82) is 0 Å². The van der Waals surface area contributed by atoms with E-state index in [0.717, 1.165) is 11.8 Å². The number of carbonyl (C=O) groups is 2. The fourth-order valence-corrected chi connectivity index (χ4v) is 5.76. The average molecular weight is 605 g/mol. The highest BCUT2D eigenvalue weighted by Crippen LogP contribution is 2.29. The second kappa shape index (κ2) is 13.4. The molecule has 11 heteroatoms. The van der Waals surface area contributed by atoms with E-state index in [9.17, 15) is 18.0 Å². The molecule has 0 aromatic heterocycles. The first-order chi connectivity index (χ1) is 17.5. The number of benzene rings is 2. The number of carbonyl (C=O) groups excluding carboxylic acids is 2. The van der Waals surface area contributed by atoms with Gasteiger partial charge in [0, 0.05) is 45.7 Å². The van der Waals surface area contributed by atoms with Gasteiger partial charge in [-0.2, -0.15) is 0 Å². The minimum atomic E-state index is -3.64. The summed E-state index contributed by atoms with van der Waals surface area (Å²) in [6.07, 6.45) is 1.71. The number of nitrogens with one attached hydrogen (secondary N) is 1. The summed E-state index contributed by atoms with van der Waals surface area (Å²) in [7, 11) is -3.64. The maximum atomic E-state index is 13.6. The van der Waals surface area contributed by atoms with E-state index in [-0.39, 0.29) is 37.7 Å². The Morgan fingerprint density at radius 1 is 1.05 bits per heavy atom.